The predicted octanol–water partition coefficient (Wildman–Crippen LogP) is 2.57. The third-order valence-electron chi connectivity index (χ3n) is 4.40. The molecule has 2 heterocycles. The number of rotatable bonds is 5. The van der Waals surface area contributed by atoms with Crippen LogP contribution in [0.1, 0.15) is 18.4 Å². The van der Waals surface area contributed by atoms with Gasteiger partial charge >= 0.3 is 0 Å². The Morgan fingerprint density at radius 2 is 2.00 bits per heavy atom. The van der Waals surface area contributed by atoms with E-state index in [-0.39, 0.29) is 17.7 Å². The van der Waals surface area contributed by atoms with E-state index >= 15 is 0 Å². The Bertz CT molecular complexity index is 708. The molecule has 0 saturated carbocycles. The van der Waals surface area contributed by atoms with Gasteiger partial charge in [-0.2, -0.15) is 0 Å². The molecule has 0 aliphatic carbocycles. The van der Waals surface area contributed by atoms with Crippen LogP contribution in [0.2, 0.25) is 0 Å². The van der Waals surface area contributed by atoms with Crippen molar-refractivity contribution in [1.82, 2.24) is 9.88 Å². The highest BCUT2D eigenvalue weighted by Crippen LogP contribution is 2.21. The summed E-state index contributed by atoms with van der Waals surface area (Å²) >= 11 is 1.41. The quantitative estimate of drug-likeness (QED) is 0.891. The van der Waals surface area contributed by atoms with E-state index in [1.807, 2.05) is 34.5 Å². The largest absolute Gasteiger partial charge is 0.497 e. The third-order valence-corrected chi connectivity index (χ3v) is 5.08. The minimum Gasteiger partial charge on any atom is -0.497 e. The molecule has 0 unspecified atom stereocenters. The van der Waals surface area contributed by atoms with E-state index in [0.717, 1.165) is 11.3 Å². The van der Waals surface area contributed by atoms with Gasteiger partial charge in [-0.15, -0.1) is 11.3 Å². The second-order valence-corrected chi connectivity index (χ2v) is 6.90. The number of hydrogen-bond acceptors (Lipinski definition) is 5. The Balaban J connectivity index is 1.47. The van der Waals surface area contributed by atoms with E-state index in [4.69, 9.17) is 4.74 Å². The molecule has 6 nitrogen and oxygen atoms in total. The molecule has 0 spiro atoms. The molecule has 1 aromatic heterocycles. The van der Waals surface area contributed by atoms with E-state index in [1.54, 1.807) is 13.3 Å². The number of carbonyl (C=O) groups is 2. The zero-order valence-corrected chi connectivity index (χ0v) is 14.9. The highest BCUT2D eigenvalue weighted by atomic mass is 32.1. The van der Waals surface area contributed by atoms with Crippen molar-refractivity contribution in [2.75, 3.05) is 25.5 Å². The lowest BCUT2D eigenvalue weighted by Crippen LogP contribution is -2.42. The number of likely N-dealkylation sites (tertiary alicyclic amines) is 1. The summed E-state index contributed by atoms with van der Waals surface area (Å²) < 4.78 is 5.13. The van der Waals surface area contributed by atoms with Crippen molar-refractivity contribution in [3.05, 3.63) is 41.4 Å². The van der Waals surface area contributed by atoms with Gasteiger partial charge in [-0.25, -0.2) is 4.98 Å². The number of aromatic nitrogens is 1. The van der Waals surface area contributed by atoms with Crippen LogP contribution in [0.3, 0.4) is 0 Å². The van der Waals surface area contributed by atoms with Crippen LogP contribution in [0.25, 0.3) is 0 Å². The van der Waals surface area contributed by atoms with Crippen molar-refractivity contribution in [1.29, 1.82) is 0 Å². The van der Waals surface area contributed by atoms with Gasteiger partial charge in [-0.3, -0.25) is 9.59 Å². The lowest BCUT2D eigenvalue weighted by Gasteiger charge is -2.31. The monoisotopic (exact) mass is 359 g/mol. The topological polar surface area (TPSA) is 71.5 Å². The molecule has 3 rings (SSSR count). The van der Waals surface area contributed by atoms with E-state index < -0.39 is 0 Å². The summed E-state index contributed by atoms with van der Waals surface area (Å²) in [6, 6.07) is 7.53. The normalized spacial score (nSPS) is 15.0. The summed E-state index contributed by atoms with van der Waals surface area (Å²) in [7, 11) is 1.62. The number of piperidine rings is 1. The lowest BCUT2D eigenvalue weighted by molar-refractivity contribution is -0.133. The van der Waals surface area contributed by atoms with E-state index in [1.165, 1.54) is 11.3 Å². The van der Waals surface area contributed by atoms with Gasteiger partial charge in [-0.1, -0.05) is 12.1 Å². The van der Waals surface area contributed by atoms with Crippen molar-refractivity contribution < 1.29 is 14.3 Å². The number of amides is 2. The van der Waals surface area contributed by atoms with E-state index in [0.29, 0.717) is 37.5 Å². The summed E-state index contributed by atoms with van der Waals surface area (Å²) in [4.78, 5) is 30.6. The number of anilines is 1. The van der Waals surface area contributed by atoms with Gasteiger partial charge in [0.1, 0.15) is 5.75 Å². The molecule has 1 saturated heterocycles. The molecule has 2 aromatic rings. The molecule has 0 bridgehead atoms. The smallest absolute Gasteiger partial charge is 0.229 e. The van der Waals surface area contributed by atoms with Gasteiger partial charge in [0.15, 0.2) is 5.13 Å². The van der Waals surface area contributed by atoms with Crippen LogP contribution in [0.5, 0.6) is 5.75 Å². The Morgan fingerprint density at radius 3 is 2.60 bits per heavy atom. The minimum absolute atomic E-state index is 0.00259. The molecule has 1 fully saturated rings. The van der Waals surface area contributed by atoms with Crippen LogP contribution in [-0.4, -0.2) is 41.9 Å². The predicted molar refractivity (Wildman–Crippen MR) is 96.7 cm³/mol. The third kappa shape index (κ3) is 4.57. The average Bonchev–Trinajstić information content (AvgIpc) is 3.15. The standard InChI is InChI=1S/C18H21N3O3S/c1-24-15-4-2-13(3-5-15)12-16(22)21-9-6-14(7-10-21)17(23)20-18-19-8-11-25-18/h2-5,8,11,14H,6-7,9-10,12H2,1H3,(H,19,20,23). The molecule has 132 valence electrons. The molecule has 1 N–H and O–H groups in total. The van der Waals surface area contributed by atoms with Crippen molar-refractivity contribution in [3.63, 3.8) is 0 Å². The fraction of sp³-hybridized carbons (Fsp3) is 0.389. The zero-order valence-electron chi connectivity index (χ0n) is 14.1. The SMILES string of the molecule is COc1ccc(CC(=O)N2CCC(C(=O)Nc3nccs3)CC2)cc1. The summed E-state index contributed by atoms with van der Waals surface area (Å²) in [5, 5.41) is 5.30. The van der Waals surface area contributed by atoms with Crippen LogP contribution in [0.15, 0.2) is 35.8 Å². The minimum atomic E-state index is -0.0612. The highest BCUT2D eigenvalue weighted by Gasteiger charge is 2.27. The maximum atomic E-state index is 12.4. The fourth-order valence-electron chi connectivity index (χ4n) is 2.91. The summed E-state index contributed by atoms with van der Waals surface area (Å²) in [6.07, 6.45) is 3.41. The number of nitrogens with one attached hydrogen (secondary N) is 1. The van der Waals surface area contributed by atoms with Crippen molar-refractivity contribution in [2.45, 2.75) is 19.3 Å². The Morgan fingerprint density at radius 1 is 1.28 bits per heavy atom. The lowest BCUT2D eigenvalue weighted by atomic mass is 9.95. The molecule has 25 heavy (non-hydrogen) atoms. The number of methoxy groups -OCH3 is 1. The number of carbonyl (C=O) groups excluding carboxylic acids is 2. The number of benzene rings is 1. The molecule has 7 heteroatoms. The van der Waals surface area contributed by atoms with Crippen molar-refractivity contribution in [2.24, 2.45) is 5.92 Å². The first kappa shape index (κ1) is 17.4. The second-order valence-electron chi connectivity index (χ2n) is 6.01. The maximum Gasteiger partial charge on any atom is 0.229 e. The van der Waals surface area contributed by atoms with Crippen molar-refractivity contribution >= 4 is 28.3 Å². The first-order chi connectivity index (χ1) is 12.2. The molecule has 1 aliphatic rings. The molecular weight excluding hydrogens is 338 g/mol. The van der Waals surface area contributed by atoms with Gasteiger partial charge in [0.05, 0.1) is 13.5 Å². The Hall–Kier alpha value is -2.41. The maximum absolute atomic E-state index is 12.4. The molecule has 0 atom stereocenters. The number of hydrogen-bond donors (Lipinski definition) is 1. The number of ether oxygens (including phenoxy) is 1. The molecule has 1 aliphatic heterocycles. The first-order valence-corrected chi connectivity index (χ1v) is 9.14. The van der Waals surface area contributed by atoms with Gasteiger partial charge < -0.3 is 15.0 Å². The van der Waals surface area contributed by atoms with Crippen LogP contribution in [-0.2, 0) is 16.0 Å². The van der Waals surface area contributed by atoms with Crippen molar-refractivity contribution in [3.8, 4) is 5.75 Å². The van der Waals surface area contributed by atoms with Gasteiger partial charge in [0, 0.05) is 30.6 Å². The zero-order chi connectivity index (χ0) is 17.6. The number of thiazole rings is 1. The summed E-state index contributed by atoms with van der Waals surface area (Å²) in [6.45, 7) is 1.23. The fourth-order valence-corrected chi connectivity index (χ4v) is 3.45. The highest BCUT2D eigenvalue weighted by molar-refractivity contribution is 7.13. The van der Waals surface area contributed by atoms with Gasteiger partial charge in [0.25, 0.3) is 0 Å². The first-order valence-electron chi connectivity index (χ1n) is 8.27. The van der Waals surface area contributed by atoms with Gasteiger partial charge in [-0.05, 0) is 30.5 Å². The summed E-state index contributed by atoms with van der Waals surface area (Å²) in [5.74, 6) is 0.818. The number of nitrogens with zero attached hydrogens (tertiary/aromatic N) is 2. The Kier molecular flexibility index (Phi) is 5.65. The van der Waals surface area contributed by atoms with Crippen LogP contribution < -0.4 is 10.1 Å². The van der Waals surface area contributed by atoms with Crippen LogP contribution in [0.4, 0.5) is 5.13 Å². The molecule has 1 aromatic carbocycles. The van der Waals surface area contributed by atoms with Crippen LogP contribution >= 0.6 is 11.3 Å². The molecule has 2 amide bonds. The summed E-state index contributed by atoms with van der Waals surface area (Å²) in [5.41, 5.74) is 0.967. The van der Waals surface area contributed by atoms with Gasteiger partial charge in [0.2, 0.25) is 11.8 Å². The van der Waals surface area contributed by atoms with Crippen LogP contribution in [0, 0.1) is 5.92 Å². The van der Waals surface area contributed by atoms with E-state index in [9.17, 15) is 9.59 Å². The molecule has 0 radical (unpaired) electrons. The van der Waals surface area contributed by atoms with E-state index in [2.05, 4.69) is 10.3 Å². The molecular formula is C18H21N3O3S. The average molecular weight is 359 g/mol. The Labute approximate surface area is 150 Å². The second kappa shape index (κ2) is 8.11.